The Bertz CT molecular complexity index is 327. The second-order valence-corrected chi connectivity index (χ2v) is 5.86. The van der Waals surface area contributed by atoms with Gasteiger partial charge in [-0.1, -0.05) is 26.7 Å². The first-order valence-electron chi connectivity index (χ1n) is 7.37. The van der Waals surface area contributed by atoms with Crippen LogP contribution in [0.25, 0.3) is 0 Å². The highest BCUT2D eigenvalue weighted by Crippen LogP contribution is 2.24. The van der Waals surface area contributed by atoms with Crippen LogP contribution >= 0.6 is 0 Å². The number of carboxylic acid groups (broad SMARTS) is 1. The predicted octanol–water partition coefficient (Wildman–Crippen LogP) is 1.43. The van der Waals surface area contributed by atoms with E-state index in [0.717, 1.165) is 25.7 Å². The minimum absolute atomic E-state index is 0.0290. The van der Waals surface area contributed by atoms with Gasteiger partial charge in [0.05, 0.1) is 0 Å². The van der Waals surface area contributed by atoms with Crippen LogP contribution in [0, 0.1) is 5.92 Å². The fourth-order valence-corrected chi connectivity index (χ4v) is 2.55. The number of aliphatic carboxylic acids is 1. The molecule has 0 aromatic heterocycles. The molecule has 0 aromatic carbocycles. The molecule has 0 aliphatic heterocycles. The molecule has 3 N–H and O–H groups in total. The first kappa shape index (κ1) is 16.8. The maximum absolute atomic E-state index is 12.2. The topological polar surface area (TPSA) is 89.9 Å². The van der Waals surface area contributed by atoms with Crippen LogP contribution in [0.1, 0.15) is 46.0 Å². The summed E-state index contributed by atoms with van der Waals surface area (Å²) in [6.45, 7) is 5.03. The molecule has 1 atom stereocenters. The van der Waals surface area contributed by atoms with Crippen LogP contribution < -0.4 is 5.32 Å². The molecule has 0 saturated heterocycles. The molecule has 116 valence electrons. The van der Waals surface area contributed by atoms with E-state index in [4.69, 9.17) is 5.11 Å². The number of carbonyl (C=O) groups is 2. The summed E-state index contributed by atoms with van der Waals surface area (Å²) in [7, 11) is 0. The number of aliphatic hydroxyl groups excluding tert-OH is 1. The van der Waals surface area contributed by atoms with Crippen LogP contribution in [0.2, 0.25) is 0 Å². The van der Waals surface area contributed by atoms with Gasteiger partial charge in [0, 0.05) is 25.6 Å². The number of hydrogen-bond acceptors (Lipinski definition) is 3. The smallest absolute Gasteiger partial charge is 0.332 e. The van der Waals surface area contributed by atoms with Crippen LogP contribution in [0.3, 0.4) is 0 Å². The maximum atomic E-state index is 12.2. The largest absolute Gasteiger partial charge is 0.479 e. The van der Waals surface area contributed by atoms with Crippen molar-refractivity contribution in [2.75, 3.05) is 13.1 Å². The number of hydrogen-bond donors (Lipinski definition) is 3. The van der Waals surface area contributed by atoms with Crippen LogP contribution in [-0.4, -0.2) is 52.3 Å². The molecular weight excluding hydrogens is 260 g/mol. The molecule has 20 heavy (non-hydrogen) atoms. The van der Waals surface area contributed by atoms with Gasteiger partial charge in [0.2, 0.25) is 0 Å². The Morgan fingerprint density at radius 3 is 2.40 bits per heavy atom. The Labute approximate surface area is 120 Å². The first-order valence-corrected chi connectivity index (χ1v) is 7.37. The van der Waals surface area contributed by atoms with Crippen molar-refractivity contribution in [1.29, 1.82) is 0 Å². The van der Waals surface area contributed by atoms with E-state index in [1.54, 1.807) is 0 Å². The van der Waals surface area contributed by atoms with Gasteiger partial charge in [0.15, 0.2) is 6.10 Å². The van der Waals surface area contributed by atoms with Crippen molar-refractivity contribution >= 4 is 12.0 Å². The molecule has 0 radical (unpaired) electrons. The zero-order chi connectivity index (χ0) is 15.1. The summed E-state index contributed by atoms with van der Waals surface area (Å²) in [5, 5.41) is 20.5. The summed E-state index contributed by atoms with van der Waals surface area (Å²) >= 11 is 0. The van der Waals surface area contributed by atoms with Gasteiger partial charge in [-0.3, -0.25) is 0 Å². The maximum Gasteiger partial charge on any atom is 0.332 e. The summed E-state index contributed by atoms with van der Waals surface area (Å²) in [6, 6.07) is 0.144. The lowest BCUT2D eigenvalue weighted by molar-refractivity contribution is -0.146. The molecule has 1 saturated carbocycles. The number of urea groups is 1. The van der Waals surface area contributed by atoms with Gasteiger partial charge < -0.3 is 20.4 Å². The number of carbonyl (C=O) groups excluding carboxylic acids is 1. The Morgan fingerprint density at radius 1 is 1.30 bits per heavy atom. The highest BCUT2D eigenvalue weighted by molar-refractivity contribution is 5.75. The van der Waals surface area contributed by atoms with Crippen LogP contribution in [0.4, 0.5) is 4.79 Å². The first-order chi connectivity index (χ1) is 9.41. The molecular formula is C14H26N2O4. The van der Waals surface area contributed by atoms with Crippen LogP contribution in [-0.2, 0) is 4.79 Å². The lowest BCUT2D eigenvalue weighted by Crippen LogP contribution is -2.47. The van der Waals surface area contributed by atoms with Crippen molar-refractivity contribution in [1.82, 2.24) is 10.2 Å². The molecule has 6 heteroatoms. The van der Waals surface area contributed by atoms with Gasteiger partial charge in [-0.15, -0.1) is 0 Å². The van der Waals surface area contributed by atoms with Crippen LogP contribution in [0.15, 0.2) is 0 Å². The van der Waals surface area contributed by atoms with Gasteiger partial charge in [-0.05, 0) is 18.8 Å². The van der Waals surface area contributed by atoms with Crippen molar-refractivity contribution in [2.45, 2.75) is 58.1 Å². The summed E-state index contributed by atoms with van der Waals surface area (Å²) in [6.07, 6.45) is 3.01. The van der Waals surface area contributed by atoms with Gasteiger partial charge >= 0.3 is 12.0 Å². The van der Waals surface area contributed by atoms with Gasteiger partial charge in [-0.25, -0.2) is 9.59 Å². The molecule has 1 rings (SSSR count). The number of nitrogens with zero attached hydrogens (tertiary/aromatic N) is 1. The van der Waals surface area contributed by atoms with Crippen LogP contribution in [0.5, 0.6) is 0 Å². The molecule has 1 fully saturated rings. The predicted molar refractivity (Wildman–Crippen MR) is 75.5 cm³/mol. The third-order valence-corrected chi connectivity index (χ3v) is 3.57. The summed E-state index contributed by atoms with van der Waals surface area (Å²) in [5.41, 5.74) is 0. The summed E-state index contributed by atoms with van der Waals surface area (Å²) in [5.74, 6) is -0.861. The molecule has 0 heterocycles. The van der Waals surface area contributed by atoms with Gasteiger partial charge in [0.25, 0.3) is 0 Å². The molecule has 6 nitrogen and oxygen atoms in total. The summed E-state index contributed by atoms with van der Waals surface area (Å²) < 4.78 is 0. The zero-order valence-electron chi connectivity index (χ0n) is 12.3. The van der Waals surface area contributed by atoms with Crippen molar-refractivity contribution in [3.05, 3.63) is 0 Å². The number of rotatable bonds is 7. The van der Waals surface area contributed by atoms with Gasteiger partial charge in [-0.2, -0.15) is 0 Å². The molecule has 1 aliphatic carbocycles. The summed E-state index contributed by atoms with van der Waals surface area (Å²) in [4.78, 5) is 24.6. The molecule has 2 amide bonds. The monoisotopic (exact) mass is 286 g/mol. The number of nitrogens with one attached hydrogen (secondary N) is 1. The van der Waals surface area contributed by atoms with E-state index in [-0.39, 0.29) is 19.0 Å². The van der Waals surface area contributed by atoms with E-state index < -0.39 is 12.1 Å². The van der Waals surface area contributed by atoms with Crippen molar-refractivity contribution in [3.8, 4) is 0 Å². The van der Waals surface area contributed by atoms with E-state index in [9.17, 15) is 14.7 Å². The number of aliphatic hydroxyl groups is 1. The second-order valence-electron chi connectivity index (χ2n) is 5.86. The van der Waals surface area contributed by atoms with Gasteiger partial charge in [0.1, 0.15) is 0 Å². The minimum atomic E-state index is -1.42. The molecule has 1 aliphatic rings. The van der Waals surface area contributed by atoms with E-state index in [1.807, 2.05) is 4.90 Å². The Kier molecular flexibility index (Phi) is 6.78. The molecule has 0 spiro atoms. The highest BCUT2D eigenvalue weighted by atomic mass is 16.4. The van der Waals surface area contributed by atoms with E-state index in [0.29, 0.717) is 18.5 Å². The minimum Gasteiger partial charge on any atom is -0.479 e. The Balaban J connectivity index is 2.44. The van der Waals surface area contributed by atoms with E-state index in [1.165, 1.54) is 0 Å². The second kappa shape index (κ2) is 8.09. The lowest BCUT2D eigenvalue weighted by Gasteiger charge is -2.30. The fraction of sp³-hybridized carbons (Fsp3) is 0.857. The molecule has 0 aromatic rings. The lowest BCUT2D eigenvalue weighted by atomic mass is 10.1. The normalized spacial score (nSPS) is 17.2. The average Bonchev–Trinajstić information content (AvgIpc) is 2.88. The number of amides is 2. The van der Waals surface area contributed by atoms with Crippen molar-refractivity contribution < 1.29 is 19.8 Å². The van der Waals surface area contributed by atoms with E-state index >= 15 is 0 Å². The Morgan fingerprint density at radius 2 is 1.90 bits per heavy atom. The highest BCUT2D eigenvalue weighted by Gasteiger charge is 2.27. The standard InChI is InChI=1S/C14H26N2O4/c1-10(2)9-16(11-5-3-4-6-11)14(20)15-8-7-12(17)13(18)19/h10-12,17H,3-9H2,1-2H3,(H,15,20)(H,18,19). The molecule has 0 bridgehead atoms. The Hall–Kier alpha value is -1.30. The zero-order valence-corrected chi connectivity index (χ0v) is 12.3. The number of carboxylic acids is 1. The average molecular weight is 286 g/mol. The quantitative estimate of drug-likeness (QED) is 0.660. The fourth-order valence-electron chi connectivity index (χ4n) is 2.55. The third-order valence-electron chi connectivity index (χ3n) is 3.57. The third kappa shape index (κ3) is 5.36. The molecule has 1 unspecified atom stereocenters. The van der Waals surface area contributed by atoms with Crippen molar-refractivity contribution in [2.24, 2.45) is 5.92 Å². The van der Waals surface area contributed by atoms with Crippen molar-refractivity contribution in [3.63, 3.8) is 0 Å². The SMILES string of the molecule is CC(C)CN(C(=O)NCCC(O)C(=O)O)C1CCCC1. The van der Waals surface area contributed by atoms with E-state index in [2.05, 4.69) is 19.2 Å².